The van der Waals surface area contributed by atoms with Crippen molar-refractivity contribution in [2.75, 3.05) is 0 Å². The molecule has 0 spiro atoms. The Hall–Kier alpha value is -2.89. The zero-order valence-corrected chi connectivity index (χ0v) is 18.4. The molecule has 2 aliphatic rings. The number of nitrogens with zero attached hydrogens (tertiary/aromatic N) is 3. The van der Waals surface area contributed by atoms with Crippen LogP contribution in [-0.2, 0) is 13.5 Å². The quantitative estimate of drug-likeness (QED) is 0.508. The van der Waals surface area contributed by atoms with E-state index in [2.05, 4.69) is 54.2 Å². The molecule has 0 saturated carbocycles. The molecule has 6 rings (SSSR count). The third-order valence-electron chi connectivity index (χ3n) is 6.76. The number of rotatable bonds is 2. The fourth-order valence-electron chi connectivity index (χ4n) is 5.17. The molecular weight excluding hydrogens is 408 g/mol. The molecule has 6 heteroatoms. The predicted molar refractivity (Wildman–Crippen MR) is 126 cm³/mol. The van der Waals surface area contributed by atoms with E-state index in [-0.39, 0.29) is 18.0 Å². The Balaban J connectivity index is 0.00000204. The van der Waals surface area contributed by atoms with Crippen LogP contribution in [0.15, 0.2) is 59.5 Å². The molecule has 3 aromatic heterocycles. The van der Waals surface area contributed by atoms with Crippen LogP contribution in [0.3, 0.4) is 0 Å². The number of aryl methyl sites for hydroxylation is 2. The number of hydrogen-bond donors (Lipinski definition) is 1. The van der Waals surface area contributed by atoms with Crippen molar-refractivity contribution in [2.24, 2.45) is 7.05 Å². The van der Waals surface area contributed by atoms with Crippen LogP contribution in [0.2, 0.25) is 0 Å². The average molecular weight is 433 g/mol. The number of hydrogen-bond acceptors (Lipinski definition) is 3. The minimum Gasteiger partial charge on any atom is -0.332 e. The van der Waals surface area contributed by atoms with Crippen molar-refractivity contribution in [3.63, 3.8) is 0 Å². The third kappa shape index (κ3) is 3.11. The first kappa shape index (κ1) is 20.0. The van der Waals surface area contributed by atoms with Gasteiger partial charge in [0.05, 0.1) is 0 Å². The summed E-state index contributed by atoms with van der Waals surface area (Å²) < 4.78 is 3.86. The molecule has 2 aliphatic heterocycles. The zero-order chi connectivity index (χ0) is 20.4. The smallest absolute Gasteiger partial charge is 0.256 e. The van der Waals surface area contributed by atoms with Crippen LogP contribution < -0.4 is 10.9 Å². The van der Waals surface area contributed by atoms with E-state index in [9.17, 15) is 4.79 Å². The van der Waals surface area contributed by atoms with E-state index in [1.54, 1.807) is 10.6 Å². The van der Waals surface area contributed by atoms with Crippen LogP contribution >= 0.6 is 12.4 Å². The Bertz CT molecular complexity index is 1350. The topological polar surface area (TPSA) is 51.9 Å². The van der Waals surface area contributed by atoms with Gasteiger partial charge in [-0.1, -0.05) is 29.8 Å². The van der Waals surface area contributed by atoms with E-state index in [1.807, 2.05) is 18.3 Å². The van der Waals surface area contributed by atoms with Crippen LogP contribution in [0.5, 0.6) is 0 Å². The van der Waals surface area contributed by atoms with Gasteiger partial charge in [-0.25, -0.2) is 4.98 Å². The van der Waals surface area contributed by atoms with Crippen molar-refractivity contribution in [2.45, 2.75) is 38.3 Å². The van der Waals surface area contributed by atoms with Crippen LogP contribution in [0, 0.1) is 6.92 Å². The molecule has 158 valence electrons. The zero-order valence-electron chi connectivity index (χ0n) is 17.6. The maximum Gasteiger partial charge on any atom is 0.256 e. The fourth-order valence-corrected chi connectivity index (χ4v) is 5.17. The summed E-state index contributed by atoms with van der Waals surface area (Å²) in [5.41, 5.74) is 6.87. The molecule has 2 bridgehead atoms. The summed E-state index contributed by atoms with van der Waals surface area (Å²) in [6.45, 7) is 2.06. The lowest BCUT2D eigenvalue weighted by atomic mass is 10.00. The van der Waals surface area contributed by atoms with Gasteiger partial charge in [0.2, 0.25) is 0 Å². The number of benzene rings is 1. The highest BCUT2D eigenvalue weighted by Gasteiger charge is 2.36. The van der Waals surface area contributed by atoms with Crippen LogP contribution in [0.25, 0.3) is 28.0 Å². The lowest BCUT2D eigenvalue weighted by Crippen LogP contribution is -2.32. The highest BCUT2D eigenvalue weighted by Crippen LogP contribution is 2.41. The summed E-state index contributed by atoms with van der Waals surface area (Å²) in [6.07, 6.45) is 5.32. The van der Waals surface area contributed by atoms with E-state index >= 15 is 0 Å². The molecule has 31 heavy (non-hydrogen) atoms. The largest absolute Gasteiger partial charge is 0.332 e. The molecule has 0 amide bonds. The Morgan fingerprint density at radius 1 is 1.03 bits per heavy atom. The van der Waals surface area contributed by atoms with Crippen molar-refractivity contribution in [1.82, 2.24) is 19.4 Å². The molecule has 1 fully saturated rings. The van der Waals surface area contributed by atoms with Gasteiger partial charge in [0.25, 0.3) is 5.56 Å². The lowest BCUT2D eigenvalue weighted by molar-refractivity contribution is 0.503. The summed E-state index contributed by atoms with van der Waals surface area (Å²) in [6, 6.07) is 17.0. The van der Waals surface area contributed by atoms with Gasteiger partial charge in [-0.2, -0.15) is 0 Å². The maximum atomic E-state index is 12.9. The first-order chi connectivity index (χ1) is 14.6. The third-order valence-corrected chi connectivity index (χ3v) is 6.76. The van der Waals surface area contributed by atoms with Crippen molar-refractivity contribution in [1.29, 1.82) is 0 Å². The van der Waals surface area contributed by atoms with E-state index < -0.39 is 0 Å². The molecule has 0 aliphatic carbocycles. The van der Waals surface area contributed by atoms with E-state index in [4.69, 9.17) is 4.98 Å². The van der Waals surface area contributed by atoms with Crippen LogP contribution in [0.1, 0.15) is 35.7 Å². The first-order valence-corrected chi connectivity index (χ1v) is 10.6. The van der Waals surface area contributed by atoms with E-state index in [0.717, 1.165) is 23.2 Å². The van der Waals surface area contributed by atoms with Crippen molar-refractivity contribution >= 4 is 23.4 Å². The van der Waals surface area contributed by atoms with Crippen LogP contribution in [-0.4, -0.2) is 20.2 Å². The van der Waals surface area contributed by atoms with Gasteiger partial charge in [-0.15, -0.1) is 12.4 Å². The second-order valence-corrected chi connectivity index (χ2v) is 8.65. The maximum absolute atomic E-state index is 12.9. The molecule has 5 nitrogen and oxygen atoms in total. The number of aromatic nitrogens is 3. The molecule has 1 saturated heterocycles. The molecule has 2 unspecified atom stereocenters. The number of halogens is 1. The summed E-state index contributed by atoms with van der Waals surface area (Å²) in [5, 5.41) is 4.94. The van der Waals surface area contributed by atoms with Gasteiger partial charge >= 0.3 is 0 Å². The molecule has 5 heterocycles. The minimum atomic E-state index is -0.0698. The Kier molecular flexibility index (Phi) is 4.76. The molecule has 0 radical (unpaired) electrons. The van der Waals surface area contributed by atoms with E-state index in [0.29, 0.717) is 17.9 Å². The number of pyridine rings is 2. The molecule has 1 aromatic carbocycles. The molecule has 1 N–H and O–H groups in total. The van der Waals surface area contributed by atoms with Gasteiger partial charge < -0.3 is 9.88 Å². The van der Waals surface area contributed by atoms with E-state index in [1.165, 1.54) is 35.0 Å². The van der Waals surface area contributed by atoms with Crippen molar-refractivity contribution in [3.05, 3.63) is 81.9 Å². The summed E-state index contributed by atoms with van der Waals surface area (Å²) in [5.74, 6) is 0.666. The Morgan fingerprint density at radius 2 is 1.84 bits per heavy atom. The molecular formula is C25H25ClN4O. The minimum absolute atomic E-state index is 0. The number of fused-ring (bicyclic) bond motifs is 6. The second-order valence-electron chi connectivity index (χ2n) is 8.65. The number of nitrogens with one attached hydrogen (secondary N) is 1. The second kappa shape index (κ2) is 7.36. The normalized spacial score (nSPS) is 19.3. The lowest BCUT2D eigenvalue weighted by Gasteiger charge is -2.22. The van der Waals surface area contributed by atoms with Gasteiger partial charge in [-0.05, 0) is 54.7 Å². The van der Waals surface area contributed by atoms with Crippen molar-refractivity contribution in [3.8, 4) is 16.9 Å². The average Bonchev–Trinajstić information content (AvgIpc) is 3.27. The van der Waals surface area contributed by atoms with Gasteiger partial charge in [-0.3, -0.25) is 9.36 Å². The monoisotopic (exact) mass is 432 g/mol. The van der Waals surface area contributed by atoms with Gasteiger partial charge in [0.15, 0.2) is 0 Å². The SMILES string of the molecule is Cc1ccc(-c2ccn(-c3ccc4c5c(n(C)c4n3)CC3CCC5N3)c(=O)c2)cc1.Cl. The standard InChI is InChI=1S/C25H24N4O.ClH/c1-15-3-5-16(6-4-15)17-11-12-29(23(30)13-17)22-10-8-19-24-20-9-7-18(26-20)14-21(24)28(2)25(19)27-22;/h3-6,8,10-13,18,20,26H,7,9,14H2,1-2H3;1H. The predicted octanol–water partition coefficient (Wildman–Crippen LogP) is 4.47. The van der Waals surface area contributed by atoms with Crippen molar-refractivity contribution < 1.29 is 0 Å². The molecule has 4 aromatic rings. The van der Waals surface area contributed by atoms with Gasteiger partial charge in [0.1, 0.15) is 11.5 Å². The van der Waals surface area contributed by atoms with Crippen LogP contribution in [0.4, 0.5) is 0 Å². The van der Waals surface area contributed by atoms with Gasteiger partial charge in [0, 0.05) is 48.9 Å². The Morgan fingerprint density at radius 3 is 2.61 bits per heavy atom. The first-order valence-electron chi connectivity index (χ1n) is 10.6. The highest BCUT2D eigenvalue weighted by atomic mass is 35.5. The highest BCUT2D eigenvalue weighted by molar-refractivity contribution is 5.85. The molecule has 2 atom stereocenters. The summed E-state index contributed by atoms with van der Waals surface area (Å²) in [4.78, 5) is 17.8. The summed E-state index contributed by atoms with van der Waals surface area (Å²) in [7, 11) is 2.10. The fraction of sp³-hybridized carbons (Fsp3) is 0.280. The summed E-state index contributed by atoms with van der Waals surface area (Å²) >= 11 is 0. The Labute approximate surface area is 187 Å².